The molecule has 0 saturated carbocycles. The molecule has 108 valence electrons. The molecule has 0 bridgehead atoms. The largest absolute Gasteiger partial charge is 0.326 e. The lowest BCUT2D eigenvalue weighted by molar-refractivity contribution is 0.603. The van der Waals surface area contributed by atoms with E-state index in [1.165, 1.54) is 11.3 Å². The van der Waals surface area contributed by atoms with Gasteiger partial charge in [0, 0.05) is 16.9 Å². The molecule has 0 spiro atoms. The Labute approximate surface area is 127 Å². The van der Waals surface area contributed by atoms with Gasteiger partial charge in [0.15, 0.2) is 0 Å². The fourth-order valence-electron chi connectivity index (χ4n) is 2.06. The molecule has 0 radical (unpaired) electrons. The van der Waals surface area contributed by atoms with Gasteiger partial charge < -0.3 is 5.73 Å². The number of thiophene rings is 1. The molecule has 3 aromatic rings. The van der Waals surface area contributed by atoms with Crippen molar-refractivity contribution in [1.82, 2.24) is 0 Å². The lowest BCUT2D eigenvalue weighted by atomic mass is 10.2. The second kappa shape index (κ2) is 5.48. The van der Waals surface area contributed by atoms with Crippen LogP contribution in [-0.4, -0.2) is 8.42 Å². The molecule has 2 aromatic carbocycles. The van der Waals surface area contributed by atoms with Crippen molar-refractivity contribution in [3.63, 3.8) is 0 Å². The van der Waals surface area contributed by atoms with Gasteiger partial charge in [-0.15, -0.1) is 11.3 Å². The molecule has 0 saturated heterocycles. The fourth-order valence-corrected chi connectivity index (χ4v) is 4.50. The van der Waals surface area contributed by atoms with Gasteiger partial charge in [0.25, 0.3) is 10.0 Å². The zero-order valence-corrected chi connectivity index (χ0v) is 12.7. The lowest BCUT2D eigenvalue weighted by Crippen LogP contribution is -2.11. The highest BCUT2D eigenvalue weighted by Gasteiger charge is 2.17. The van der Waals surface area contributed by atoms with Crippen LogP contribution in [0.5, 0.6) is 0 Å². The summed E-state index contributed by atoms with van der Waals surface area (Å²) in [6.07, 6.45) is 0. The number of hydrogen-bond donors (Lipinski definition) is 2. The highest BCUT2D eigenvalue weighted by Crippen LogP contribution is 2.30. The third kappa shape index (κ3) is 2.92. The topological polar surface area (TPSA) is 72.2 Å². The van der Waals surface area contributed by atoms with E-state index in [9.17, 15) is 8.42 Å². The summed E-state index contributed by atoms with van der Waals surface area (Å²) >= 11 is 1.26. The number of fused-ring (bicyclic) bond motifs is 1. The SMILES string of the molecule is NCc1cccc(NS(=O)(=O)c2cc3ccccc3s2)c1. The third-order valence-corrected chi connectivity index (χ3v) is 6.05. The number of hydrogen-bond acceptors (Lipinski definition) is 4. The van der Waals surface area contributed by atoms with Crippen LogP contribution in [0.25, 0.3) is 10.1 Å². The molecular formula is C15H14N2O2S2. The van der Waals surface area contributed by atoms with Crippen LogP contribution in [0.4, 0.5) is 5.69 Å². The molecule has 4 nitrogen and oxygen atoms in total. The van der Waals surface area contributed by atoms with Gasteiger partial charge in [-0.25, -0.2) is 8.42 Å². The molecule has 0 aliphatic heterocycles. The van der Waals surface area contributed by atoms with E-state index in [0.717, 1.165) is 15.6 Å². The first-order valence-electron chi connectivity index (χ1n) is 6.39. The Morgan fingerprint density at radius 1 is 1.05 bits per heavy atom. The van der Waals surface area contributed by atoms with E-state index in [1.54, 1.807) is 24.3 Å². The molecular weight excluding hydrogens is 304 g/mol. The molecule has 0 aliphatic rings. The average Bonchev–Trinajstić information content (AvgIpc) is 2.92. The van der Waals surface area contributed by atoms with Gasteiger partial charge in [-0.05, 0) is 35.2 Å². The van der Waals surface area contributed by atoms with Gasteiger partial charge in [-0.2, -0.15) is 0 Å². The van der Waals surface area contributed by atoms with Crippen molar-refractivity contribution in [2.24, 2.45) is 5.73 Å². The summed E-state index contributed by atoms with van der Waals surface area (Å²) < 4.78 is 28.7. The second-order valence-corrected chi connectivity index (χ2v) is 7.61. The standard InChI is InChI=1S/C15H14N2O2S2/c16-10-11-4-3-6-13(8-11)17-21(18,19)15-9-12-5-1-2-7-14(12)20-15/h1-9,17H,10,16H2. The Hall–Kier alpha value is -1.89. The van der Waals surface area contributed by atoms with Crippen molar-refractivity contribution in [3.8, 4) is 0 Å². The van der Waals surface area contributed by atoms with Crippen LogP contribution in [0.1, 0.15) is 5.56 Å². The summed E-state index contributed by atoms with van der Waals surface area (Å²) in [6, 6.07) is 16.4. The number of rotatable bonds is 4. The second-order valence-electron chi connectivity index (χ2n) is 4.61. The van der Waals surface area contributed by atoms with E-state index in [1.807, 2.05) is 30.3 Å². The van der Waals surface area contributed by atoms with Crippen molar-refractivity contribution in [2.75, 3.05) is 4.72 Å². The number of benzene rings is 2. The normalized spacial score (nSPS) is 11.7. The highest BCUT2D eigenvalue weighted by molar-refractivity contribution is 7.94. The van der Waals surface area contributed by atoms with Gasteiger partial charge >= 0.3 is 0 Å². The predicted molar refractivity (Wildman–Crippen MR) is 87.0 cm³/mol. The van der Waals surface area contributed by atoms with E-state index in [0.29, 0.717) is 16.4 Å². The molecule has 0 aliphatic carbocycles. The highest BCUT2D eigenvalue weighted by atomic mass is 32.2. The fraction of sp³-hybridized carbons (Fsp3) is 0.0667. The number of anilines is 1. The molecule has 0 atom stereocenters. The van der Waals surface area contributed by atoms with Gasteiger partial charge in [0.2, 0.25) is 0 Å². The summed E-state index contributed by atoms with van der Waals surface area (Å²) in [7, 11) is -3.57. The lowest BCUT2D eigenvalue weighted by Gasteiger charge is -2.07. The van der Waals surface area contributed by atoms with Crippen molar-refractivity contribution in [3.05, 3.63) is 60.2 Å². The smallest absolute Gasteiger partial charge is 0.271 e. The van der Waals surface area contributed by atoms with Crippen LogP contribution >= 0.6 is 11.3 Å². The molecule has 21 heavy (non-hydrogen) atoms. The minimum absolute atomic E-state index is 0.307. The summed E-state index contributed by atoms with van der Waals surface area (Å²) in [6.45, 7) is 0.373. The Balaban J connectivity index is 1.96. The van der Waals surface area contributed by atoms with Crippen LogP contribution in [0.15, 0.2) is 58.8 Å². The Bertz CT molecular complexity index is 852. The first-order chi connectivity index (χ1) is 10.1. The molecule has 0 amide bonds. The number of sulfonamides is 1. The first-order valence-corrected chi connectivity index (χ1v) is 8.69. The molecule has 1 heterocycles. The van der Waals surface area contributed by atoms with Gasteiger partial charge in [-0.3, -0.25) is 4.72 Å². The summed E-state index contributed by atoms with van der Waals surface area (Å²) in [5.74, 6) is 0. The zero-order valence-electron chi connectivity index (χ0n) is 11.1. The predicted octanol–water partition coefficient (Wildman–Crippen LogP) is 3.16. The number of nitrogens with two attached hydrogens (primary N) is 1. The van der Waals surface area contributed by atoms with E-state index >= 15 is 0 Å². The minimum atomic E-state index is -3.57. The van der Waals surface area contributed by atoms with E-state index in [2.05, 4.69) is 4.72 Å². The Kier molecular flexibility index (Phi) is 3.67. The molecule has 0 unspecified atom stereocenters. The van der Waals surface area contributed by atoms with Crippen LogP contribution in [0, 0.1) is 0 Å². The Morgan fingerprint density at radius 2 is 1.86 bits per heavy atom. The van der Waals surface area contributed by atoms with Crippen molar-refractivity contribution < 1.29 is 8.42 Å². The van der Waals surface area contributed by atoms with E-state index in [4.69, 9.17) is 5.73 Å². The monoisotopic (exact) mass is 318 g/mol. The van der Waals surface area contributed by atoms with Gasteiger partial charge in [0.05, 0.1) is 0 Å². The zero-order chi connectivity index (χ0) is 14.9. The van der Waals surface area contributed by atoms with Crippen molar-refractivity contribution in [2.45, 2.75) is 10.8 Å². The first kappa shape index (κ1) is 14.1. The van der Waals surface area contributed by atoms with E-state index < -0.39 is 10.0 Å². The van der Waals surface area contributed by atoms with Crippen molar-refractivity contribution in [1.29, 1.82) is 0 Å². The molecule has 6 heteroatoms. The summed E-state index contributed by atoms with van der Waals surface area (Å²) in [5, 5.41) is 0.929. The average molecular weight is 318 g/mol. The van der Waals surface area contributed by atoms with Crippen LogP contribution in [0.3, 0.4) is 0 Å². The quantitative estimate of drug-likeness (QED) is 0.776. The molecule has 1 aromatic heterocycles. The van der Waals surface area contributed by atoms with Crippen LogP contribution in [-0.2, 0) is 16.6 Å². The maximum absolute atomic E-state index is 12.4. The molecule has 0 fully saturated rings. The van der Waals surface area contributed by atoms with Crippen LogP contribution in [0.2, 0.25) is 0 Å². The maximum atomic E-state index is 12.4. The van der Waals surface area contributed by atoms with Crippen LogP contribution < -0.4 is 10.5 Å². The van der Waals surface area contributed by atoms with E-state index in [-0.39, 0.29) is 0 Å². The van der Waals surface area contributed by atoms with Crippen molar-refractivity contribution >= 4 is 37.1 Å². The molecule has 3 N–H and O–H groups in total. The molecule has 3 rings (SSSR count). The minimum Gasteiger partial charge on any atom is -0.326 e. The van der Waals surface area contributed by atoms with Gasteiger partial charge in [0.1, 0.15) is 4.21 Å². The third-order valence-electron chi connectivity index (χ3n) is 3.08. The number of nitrogens with one attached hydrogen (secondary N) is 1. The van der Waals surface area contributed by atoms with Gasteiger partial charge in [-0.1, -0.05) is 30.3 Å². The summed E-state index contributed by atoms with van der Waals surface area (Å²) in [4.78, 5) is 0. The maximum Gasteiger partial charge on any atom is 0.271 e. The summed E-state index contributed by atoms with van der Waals surface area (Å²) in [5.41, 5.74) is 6.97. The Morgan fingerprint density at radius 3 is 2.62 bits per heavy atom.